The van der Waals surface area contributed by atoms with Crippen molar-refractivity contribution in [2.75, 3.05) is 0 Å². The molecule has 3 aliphatic carbocycles. The van der Waals surface area contributed by atoms with Gasteiger partial charge in [-0.2, -0.15) is 5.10 Å². The molecule has 4 unspecified atom stereocenters. The third kappa shape index (κ3) is 3.53. The standard InChI is InChI=1S/C25H29F2N5/c1-13-9-16-5-6-18(13)22(10-16)29-14(2)19-7-8-28-25(19)30-15(3)23-20-11-17(26)12-21(27)24(20)32(4)31-23/h7-8,11-13,16,18,22,28-29H,2,5-6,9-10H2,1,3-4H3/b30-15+. The van der Waals surface area contributed by atoms with Gasteiger partial charge in [-0.15, -0.1) is 0 Å². The number of nitrogens with zero attached hydrogens (tertiary/aromatic N) is 3. The Morgan fingerprint density at radius 1 is 1.28 bits per heavy atom. The minimum atomic E-state index is -0.636. The molecule has 3 aliphatic rings. The number of aryl methyl sites for hydroxylation is 1. The number of benzene rings is 1. The molecule has 2 bridgehead atoms. The van der Waals surface area contributed by atoms with Crippen molar-refractivity contribution >= 4 is 28.1 Å². The van der Waals surface area contributed by atoms with Gasteiger partial charge in [0.05, 0.1) is 5.71 Å². The van der Waals surface area contributed by atoms with E-state index in [1.54, 1.807) is 14.0 Å². The molecule has 2 N–H and O–H groups in total. The van der Waals surface area contributed by atoms with E-state index in [1.165, 1.54) is 36.4 Å². The summed E-state index contributed by atoms with van der Waals surface area (Å²) in [6.45, 7) is 8.46. The molecule has 0 spiro atoms. The number of aromatic amines is 1. The van der Waals surface area contributed by atoms with Crippen molar-refractivity contribution < 1.29 is 8.78 Å². The van der Waals surface area contributed by atoms with Crippen molar-refractivity contribution in [1.82, 2.24) is 20.1 Å². The van der Waals surface area contributed by atoms with Gasteiger partial charge in [-0.05, 0) is 56.1 Å². The van der Waals surface area contributed by atoms with Crippen molar-refractivity contribution in [2.24, 2.45) is 29.8 Å². The fourth-order valence-corrected chi connectivity index (χ4v) is 5.86. The SMILES string of the molecule is C=C(NC1CC2CCC1C(C)C2)c1cc[nH]c1/N=C(\C)c1nn(C)c2c(F)cc(F)cc12. The van der Waals surface area contributed by atoms with Gasteiger partial charge in [0.25, 0.3) is 0 Å². The first-order valence-electron chi connectivity index (χ1n) is 11.3. The maximum atomic E-state index is 14.3. The average Bonchev–Trinajstić information content (AvgIpc) is 3.32. The second kappa shape index (κ2) is 7.87. The molecular formula is C25H29F2N5. The van der Waals surface area contributed by atoms with Crippen LogP contribution in [0.2, 0.25) is 0 Å². The Kier molecular flexibility index (Phi) is 5.14. The summed E-state index contributed by atoms with van der Waals surface area (Å²) in [4.78, 5) is 7.90. The Morgan fingerprint density at radius 2 is 2.09 bits per heavy atom. The summed E-state index contributed by atoms with van der Waals surface area (Å²) in [5.74, 6) is 1.63. The van der Waals surface area contributed by atoms with Gasteiger partial charge in [0, 0.05) is 42.0 Å². The molecule has 32 heavy (non-hydrogen) atoms. The summed E-state index contributed by atoms with van der Waals surface area (Å²) in [5.41, 5.74) is 3.04. The molecule has 7 heteroatoms. The zero-order chi connectivity index (χ0) is 22.6. The summed E-state index contributed by atoms with van der Waals surface area (Å²) in [7, 11) is 1.64. The van der Waals surface area contributed by atoms with E-state index in [0.29, 0.717) is 34.6 Å². The molecule has 2 aromatic heterocycles. The smallest absolute Gasteiger partial charge is 0.152 e. The van der Waals surface area contributed by atoms with E-state index in [2.05, 4.69) is 28.9 Å². The second-order valence-corrected chi connectivity index (χ2v) is 9.48. The van der Waals surface area contributed by atoms with Crippen LogP contribution >= 0.6 is 0 Å². The van der Waals surface area contributed by atoms with Crippen molar-refractivity contribution in [2.45, 2.75) is 45.6 Å². The highest BCUT2D eigenvalue weighted by molar-refractivity contribution is 6.09. The highest BCUT2D eigenvalue weighted by Gasteiger charge is 2.40. The number of nitrogens with one attached hydrogen (secondary N) is 2. The van der Waals surface area contributed by atoms with Crippen LogP contribution in [0.5, 0.6) is 0 Å². The molecule has 3 aromatic rings. The molecule has 168 valence electrons. The van der Waals surface area contributed by atoms with Crippen molar-refractivity contribution in [3.05, 3.63) is 53.9 Å². The number of halogens is 2. The number of fused-ring (bicyclic) bond motifs is 4. The van der Waals surface area contributed by atoms with E-state index in [9.17, 15) is 8.78 Å². The molecule has 2 heterocycles. The van der Waals surface area contributed by atoms with Gasteiger partial charge < -0.3 is 10.3 Å². The second-order valence-electron chi connectivity index (χ2n) is 9.48. The number of H-pyrrole nitrogens is 1. The number of aliphatic imine (C=N–C) groups is 1. The molecule has 1 aromatic carbocycles. The van der Waals surface area contributed by atoms with Crippen LogP contribution in [-0.4, -0.2) is 26.5 Å². The van der Waals surface area contributed by atoms with E-state index >= 15 is 0 Å². The number of aromatic nitrogens is 3. The summed E-state index contributed by atoms with van der Waals surface area (Å²) >= 11 is 0. The van der Waals surface area contributed by atoms with Gasteiger partial charge >= 0.3 is 0 Å². The Hall–Kier alpha value is -2.96. The molecule has 0 saturated heterocycles. The van der Waals surface area contributed by atoms with E-state index in [0.717, 1.165) is 29.2 Å². The lowest BCUT2D eigenvalue weighted by Crippen LogP contribution is -2.47. The van der Waals surface area contributed by atoms with Crippen molar-refractivity contribution in [1.29, 1.82) is 0 Å². The van der Waals surface area contributed by atoms with Crippen molar-refractivity contribution in [3.8, 4) is 0 Å². The van der Waals surface area contributed by atoms with Crippen LogP contribution < -0.4 is 5.32 Å². The first kappa shape index (κ1) is 20.9. The predicted molar refractivity (Wildman–Crippen MR) is 124 cm³/mol. The minimum absolute atomic E-state index is 0.259. The largest absolute Gasteiger partial charge is 0.382 e. The predicted octanol–water partition coefficient (Wildman–Crippen LogP) is 5.71. The Bertz CT molecular complexity index is 1220. The van der Waals surface area contributed by atoms with Gasteiger partial charge in [-0.1, -0.05) is 19.9 Å². The summed E-state index contributed by atoms with van der Waals surface area (Å²) < 4.78 is 29.6. The van der Waals surface area contributed by atoms with Gasteiger partial charge in [-0.3, -0.25) is 4.68 Å². The third-order valence-corrected chi connectivity index (χ3v) is 7.34. The topological polar surface area (TPSA) is 58.0 Å². The van der Waals surface area contributed by atoms with Gasteiger partial charge in [-0.25, -0.2) is 13.8 Å². The number of hydrogen-bond donors (Lipinski definition) is 2. The minimum Gasteiger partial charge on any atom is -0.382 e. The lowest BCUT2D eigenvalue weighted by Gasteiger charge is -2.47. The monoisotopic (exact) mass is 437 g/mol. The molecule has 6 rings (SSSR count). The molecule has 0 amide bonds. The fraction of sp³-hybridized carbons (Fsp3) is 0.440. The molecule has 3 fully saturated rings. The van der Waals surface area contributed by atoms with E-state index in [-0.39, 0.29) is 5.52 Å². The lowest BCUT2D eigenvalue weighted by molar-refractivity contribution is 0.0771. The van der Waals surface area contributed by atoms with Crippen LogP contribution in [0.3, 0.4) is 0 Å². The van der Waals surface area contributed by atoms with Crippen LogP contribution in [-0.2, 0) is 7.05 Å². The summed E-state index contributed by atoms with van der Waals surface area (Å²) in [6.07, 6.45) is 7.01. The highest BCUT2D eigenvalue weighted by Crippen LogP contribution is 2.45. The Balaban J connectivity index is 1.43. The lowest BCUT2D eigenvalue weighted by atomic mass is 9.63. The van der Waals surface area contributed by atoms with Gasteiger partial charge in [0.15, 0.2) is 5.82 Å². The first-order valence-corrected chi connectivity index (χ1v) is 11.3. The van der Waals surface area contributed by atoms with Gasteiger partial charge in [0.1, 0.15) is 22.8 Å². The van der Waals surface area contributed by atoms with Crippen LogP contribution in [0.25, 0.3) is 16.6 Å². The molecule has 0 radical (unpaired) electrons. The first-order chi connectivity index (χ1) is 15.3. The zero-order valence-corrected chi connectivity index (χ0v) is 18.8. The third-order valence-electron chi connectivity index (χ3n) is 7.34. The average molecular weight is 438 g/mol. The van der Waals surface area contributed by atoms with Crippen molar-refractivity contribution in [3.63, 3.8) is 0 Å². The number of hydrogen-bond acceptors (Lipinski definition) is 3. The highest BCUT2D eigenvalue weighted by atomic mass is 19.1. The molecule has 3 saturated carbocycles. The van der Waals surface area contributed by atoms with Gasteiger partial charge in [0.2, 0.25) is 0 Å². The Labute approximate surface area is 186 Å². The van der Waals surface area contributed by atoms with Crippen LogP contribution in [0.4, 0.5) is 14.6 Å². The van der Waals surface area contributed by atoms with Crippen LogP contribution in [0.1, 0.15) is 50.8 Å². The maximum absolute atomic E-state index is 14.3. The molecule has 5 nitrogen and oxygen atoms in total. The Morgan fingerprint density at radius 3 is 2.84 bits per heavy atom. The summed E-state index contributed by atoms with van der Waals surface area (Å²) in [6, 6.07) is 4.58. The van der Waals surface area contributed by atoms with Crippen LogP contribution in [0, 0.1) is 29.4 Å². The van der Waals surface area contributed by atoms with E-state index in [4.69, 9.17) is 4.99 Å². The van der Waals surface area contributed by atoms with E-state index < -0.39 is 11.6 Å². The van der Waals surface area contributed by atoms with Crippen LogP contribution in [0.15, 0.2) is 36.0 Å². The molecular weight excluding hydrogens is 408 g/mol. The molecule has 4 atom stereocenters. The van der Waals surface area contributed by atoms with E-state index in [1.807, 2.05) is 12.3 Å². The quantitative estimate of drug-likeness (QED) is 0.503. The summed E-state index contributed by atoms with van der Waals surface area (Å²) in [5, 5.41) is 8.49. The fourth-order valence-electron chi connectivity index (χ4n) is 5.86. The maximum Gasteiger partial charge on any atom is 0.152 e. The molecule has 0 aliphatic heterocycles. The zero-order valence-electron chi connectivity index (χ0n) is 18.8. The normalized spacial score (nSPS) is 25.5. The number of rotatable bonds is 5.